The fourth-order valence-corrected chi connectivity index (χ4v) is 4.51. The summed E-state index contributed by atoms with van der Waals surface area (Å²) in [5.41, 5.74) is -0.259. The number of rotatable bonds is 3. The summed E-state index contributed by atoms with van der Waals surface area (Å²) in [4.78, 5) is 18.7. The average Bonchev–Trinajstić information content (AvgIpc) is 3.12. The van der Waals surface area contributed by atoms with Gasteiger partial charge in [-0.25, -0.2) is 13.8 Å². The molecule has 0 aliphatic carbocycles. The van der Waals surface area contributed by atoms with Crippen LogP contribution in [-0.2, 0) is 13.5 Å². The molecule has 2 atom stereocenters. The van der Waals surface area contributed by atoms with E-state index in [1.165, 1.54) is 12.1 Å². The van der Waals surface area contributed by atoms with Gasteiger partial charge >= 0.3 is 0 Å². The molecule has 4 rings (SSSR count). The number of hydrogen-bond donors (Lipinski definition) is 1. The van der Waals surface area contributed by atoms with Gasteiger partial charge in [-0.2, -0.15) is 0 Å². The number of imidazole rings is 1. The Balaban J connectivity index is 1.54. The van der Waals surface area contributed by atoms with Gasteiger partial charge in [0.05, 0.1) is 18.1 Å². The maximum absolute atomic E-state index is 14.0. The van der Waals surface area contributed by atoms with Crippen LogP contribution in [0.15, 0.2) is 30.7 Å². The van der Waals surface area contributed by atoms with Gasteiger partial charge in [-0.05, 0) is 37.3 Å². The number of carbonyl (C=O) groups excluding carboxylic acids is 1. The highest BCUT2D eigenvalue weighted by Gasteiger charge is 2.49. The molecule has 1 N–H and O–H groups in total. The highest BCUT2D eigenvalue weighted by Crippen LogP contribution is 2.43. The van der Waals surface area contributed by atoms with E-state index < -0.39 is 17.2 Å². The summed E-state index contributed by atoms with van der Waals surface area (Å²) in [5.74, 6) is -1.35. The lowest BCUT2D eigenvalue weighted by Crippen LogP contribution is -2.54. The number of nitrogens with zero attached hydrogens (tertiary/aromatic N) is 3. The van der Waals surface area contributed by atoms with Crippen molar-refractivity contribution in [1.29, 1.82) is 0 Å². The average molecular weight is 361 g/mol. The third-order valence-electron chi connectivity index (χ3n) is 5.66. The first-order valence-electron chi connectivity index (χ1n) is 8.82. The first kappa shape index (κ1) is 17.1. The Hall–Kier alpha value is -2.28. The molecule has 3 heterocycles. The van der Waals surface area contributed by atoms with Crippen LogP contribution in [0.3, 0.4) is 0 Å². The maximum atomic E-state index is 14.0. The molecule has 2 aliphatic heterocycles. The number of hydrogen-bond acceptors (Lipinski definition) is 3. The van der Waals surface area contributed by atoms with Crippen molar-refractivity contribution in [2.24, 2.45) is 7.05 Å². The van der Waals surface area contributed by atoms with Crippen LogP contribution < -0.4 is 0 Å². The summed E-state index contributed by atoms with van der Waals surface area (Å²) in [6, 6.07) is 3.28. The first-order chi connectivity index (χ1) is 12.4. The molecule has 138 valence electrons. The molecule has 2 aromatic rings. The Morgan fingerprint density at radius 3 is 2.58 bits per heavy atom. The molecule has 2 saturated heterocycles. The van der Waals surface area contributed by atoms with E-state index in [0.717, 1.165) is 18.9 Å². The lowest BCUT2D eigenvalue weighted by atomic mass is 9.81. The van der Waals surface area contributed by atoms with Gasteiger partial charge in [-0.1, -0.05) is 6.07 Å². The van der Waals surface area contributed by atoms with Crippen LogP contribution in [0.2, 0.25) is 0 Å². The van der Waals surface area contributed by atoms with Gasteiger partial charge in [-0.3, -0.25) is 4.79 Å². The third-order valence-corrected chi connectivity index (χ3v) is 5.66. The number of amides is 1. The van der Waals surface area contributed by atoms with E-state index in [1.54, 1.807) is 24.1 Å². The summed E-state index contributed by atoms with van der Waals surface area (Å²) < 4.78 is 28.8. The molecule has 2 fully saturated rings. The van der Waals surface area contributed by atoms with E-state index in [2.05, 4.69) is 4.98 Å². The molecule has 2 unspecified atom stereocenters. The number of piperidine rings is 1. The fraction of sp³-hybridized carbons (Fsp3) is 0.474. The number of benzene rings is 1. The second-order valence-corrected chi connectivity index (χ2v) is 7.53. The van der Waals surface area contributed by atoms with E-state index in [4.69, 9.17) is 0 Å². The molecule has 5 nitrogen and oxygen atoms in total. The highest BCUT2D eigenvalue weighted by molar-refractivity contribution is 5.93. The molecule has 1 amide bonds. The fourth-order valence-electron chi connectivity index (χ4n) is 4.51. The summed E-state index contributed by atoms with van der Waals surface area (Å²) in [5, 5.41) is 11.1. The molecular formula is C19H21F2N3O2. The molecular weight excluding hydrogens is 340 g/mol. The molecule has 0 saturated carbocycles. The summed E-state index contributed by atoms with van der Waals surface area (Å²) in [6.45, 7) is 0. The standard InChI is InChI=1S/C19H21F2N3O2/c1-23-11-22-10-17(23)18(25)24-14-4-5-15(24)9-19(26,8-14)7-12-2-3-13(20)6-16(12)21/h2-3,6,10-11,14-15,26H,4-5,7-9H2,1H3. The van der Waals surface area contributed by atoms with Gasteiger partial charge < -0.3 is 14.6 Å². The van der Waals surface area contributed by atoms with Crippen molar-refractivity contribution in [2.45, 2.75) is 49.8 Å². The first-order valence-corrected chi connectivity index (χ1v) is 8.82. The zero-order valence-corrected chi connectivity index (χ0v) is 14.5. The normalized spacial score (nSPS) is 27.8. The van der Waals surface area contributed by atoms with E-state index in [-0.39, 0.29) is 24.4 Å². The van der Waals surface area contributed by atoms with E-state index in [1.807, 2.05) is 4.90 Å². The molecule has 2 aliphatic rings. The van der Waals surface area contributed by atoms with Crippen molar-refractivity contribution in [3.63, 3.8) is 0 Å². The smallest absolute Gasteiger partial charge is 0.272 e. The van der Waals surface area contributed by atoms with Crippen molar-refractivity contribution in [2.75, 3.05) is 0 Å². The lowest BCUT2D eigenvalue weighted by Gasteiger charge is -2.44. The number of halogens is 2. The second kappa shape index (κ2) is 6.16. The van der Waals surface area contributed by atoms with Gasteiger partial charge in [0.25, 0.3) is 5.91 Å². The number of aryl methyl sites for hydroxylation is 1. The van der Waals surface area contributed by atoms with E-state index >= 15 is 0 Å². The minimum atomic E-state index is -1.09. The second-order valence-electron chi connectivity index (χ2n) is 7.53. The van der Waals surface area contributed by atoms with E-state index in [0.29, 0.717) is 24.1 Å². The van der Waals surface area contributed by atoms with Crippen molar-refractivity contribution in [3.05, 3.63) is 53.6 Å². The van der Waals surface area contributed by atoms with Crippen LogP contribution in [0.1, 0.15) is 41.7 Å². The summed E-state index contributed by atoms with van der Waals surface area (Å²) >= 11 is 0. The van der Waals surface area contributed by atoms with Crippen LogP contribution >= 0.6 is 0 Å². The Morgan fingerprint density at radius 1 is 1.31 bits per heavy atom. The highest BCUT2D eigenvalue weighted by atomic mass is 19.1. The van der Waals surface area contributed by atoms with Crippen molar-refractivity contribution >= 4 is 5.91 Å². The van der Waals surface area contributed by atoms with Crippen molar-refractivity contribution in [3.8, 4) is 0 Å². The minimum absolute atomic E-state index is 0.0764. The number of aliphatic hydroxyl groups is 1. The number of carbonyl (C=O) groups is 1. The molecule has 7 heteroatoms. The van der Waals surface area contributed by atoms with Crippen LogP contribution in [0.5, 0.6) is 0 Å². The maximum Gasteiger partial charge on any atom is 0.272 e. The third kappa shape index (κ3) is 2.90. The molecule has 26 heavy (non-hydrogen) atoms. The topological polar surface area (TPSA) is 58.4 Å². The molecule has 0 spiro atoms. The molecule has 1 aromatic carbocycles. The van der Waals surface area contributed by atoms with Crippen molar-refractivity contribution in [1.82, 2.24) is 14.5 Å². The molecule has 0 radical (unpaired) electrons. The monoisotopic (exact) mass is 361 g/mol. The minimum Gasteiger partial charge on any atom is -0.389 e. The predicted molar refractivity (Wildman–Crippen MR) is 90.4 cm³/mol. The van der Waals surface area contributed by atoms with Gasteiger partial charge in [-0.15, -0.1) is 0 Å². The Kier molecular flexibility index (Phi) is 4.06. The van der Waals surface area contributed by atoms with Crippen molar-refractivity contribution < 1.29 is 18.7 Å². The number of aromatic nitrogens is 2. The van der Waals surface area contributed by atoms with Gasteiger partial charge in [0.15, 0.2) is 0 Å². The molecule has 1 aromatic heterocycles. The Bertz CT molecular complexity index is 837. The van der Waals surface area contributed by atoms with Crippen LogP contribution in [0, 0.1) is 11.6 Å². The molecule has 2 bridgehead atoms. The quantitative estimate of drug-likeness (QED) is 0.914. The Morgan fingerprint density at radius 2 is 2.00 bits per heavy atom. The number of fused-ring (bicyclic) bond motifs is 2. The largest absolute Gasteiger partial charge is 0.389 e. The lowest BCUT2D eigenvalue weighted by molar-refractivity contribution is -0.0433. The van der Waals surface area contributed by atoms with Gasteiger partial charge in [0.2, 0.25) is 0 Å². The van der Waals surface area contributed by atoms with Gasteiger partial charge in [0, 0.05) is 31.6 Å². The Labute approximate surface area is 150 Å². The summed E-state index contributed by atoms with van der Waals surface area (Å²) in [7, 11) is 1.78. The van der Waals surface area contributed by atoms with E-state index in [9.17, 15) is 18.7 Å². The van der Waals surface area contributed by atoms with Crippen LogP contribution in [-0.4, -0.2) is 43.1 Å². The zero-order chi connectivity index (χ0) is 18.5. The summed E-state index contributed by atoms with van der Waals surface area (Å²) in [6.07, 6.45) is 5.70. The van der Waals surface area contributed by atoms with Crippen LogP contribution in [0.25, 0.3) is 0 Å². The predicted octanol–water partition coefficient (Wildman–Crippen LogP) is 2.44. The SMILES string of the molecule is Cn1cncc1C(=O)N1C2CCC1CC(O)(Cc1ccc(F)cc1F)C2. The van der Waals surface area contributed by atoms with Crippen LogP contribution in [0.4, 0.5) is 8.78 Å². The van der Waals surface area contributed by atoms with Gasteiger partial charge in [0.1, 0.15) is 17.3 Å². The zero-order valence-electron chi connectivity index (χ0n) is 14.5.